The van der Waals surface area contributed by atoms with Crippen molar-refractivity contribution >= 4 is 0 Å². The lowest BCUT2D eigenvalue weighted by molar-refractivity contribution is -0.114. The first-order chi connectivity index (χ1) is 9.48. The van der Waals surface area contributed by atoms with Gasteiger partial charge in [-0.1, -0.05) is 19.9 Å². The van der Waals surface area contributed by atoms with Crippen LogP contribution in [0.5, 0.6) is 5.75 Å². The average molecular weight is 281 g/mol. The summed E-state index contributed by atoms with van der Waals surface area (Å²) in [7, 11) is 1.54. The third kappa shape index (κ3) is 2.96. The van der Waals surface area contributed by atoms with Gasteiger partial charge in [-0.25, -0.2) is 4.39 Å². The normalized spacial score (nSPS) is 24.2. The van der Waals surface area contributed by atoms with Crippen molar-refractivity contribution in [2.24, 2.45) is 5.41 Å². The molecule has 1 aromatic rings. The Morgan fingerprint density at radius 3 is 2.70 bits per heavy atom. The van der Waals surface area contributed by atoms with E-state index in [9.17, 15) is 4.39 Å². The Morgan fingerprint density at radius 2 is 2.15 bits per heavy atom. The van der Waals surface area contributed by atoms with Crippen molar-refractivity contribution in [2.75, 3.05) is 13.7 Å². The summed E-state index contributed by atoms with van der Waals surface area (Å²) in [6.07, 6.45) is 1.28. The Labute approximate surface area is 120 Å². The number of hydrogen-bond acceptors (Lipinski definition) is 3. The Hall–Kier alpha value is -1.13. The smallest absolute Gasteiger partial charge is 0.131 e. The summed E-state index contributed by atoms with van der Waals surface area (Å²) < 4.78 is 24.6. The minimum Gasteiger partial charge on any atom is -0.497 e. The van der Waals surface area contributed by atoms with Gasteiger partial charge in [0, 0.05) is 36.2 Å². The summed E-state index contributed by atoms with van der Waals surface area (Å²) in [6.45, 7) is 7.68. The van der Waals surface area contributed by atoms with Gasteiger partial charge in [-0.15, -0.1) is 0 Å². The molecule has 2 unspecified atom stereocenters. The van der Waals surface area contributed by atoms with E-state index in [0.29, 0.717) is 30.0 Å². The Kier molecular flexibility index (Phi) is 4.66. The lowest BCUT2D eigenvalue weighted by Crippen LogP contribution is -2.60. The van der Waals surface area contributed by atoms with Crippen LogP contribution in [0.15, 0.2) is 18.2 Å². The molecule has 0 aromatic heterocycles. The fourth-order valence-corrected chi connectivity index (χ4v) is 2.75. The number of hydrogen-bond donors (Lipinski definition) is 1. The van der Waals surface area contributed by atoms with E-state index in [2.05, 4.69) is 19.2 Å². The maximum Gasteiger partial charge on any atom is 0.131 e. The maximum atomic E-state index is 13.9. The van der Waals surface area contributed by atoms with Crippen LogP contribution in [0.4, 0.5) is 4.39 Å². The molecule has 0 amide bonds. The molecule has 1 fully saturated rings. The van der Waals surface area contributed by atoms with Crippen LogP contribution in [0, 0.1) is 11.2 Å². The lowest BCUT2D eigenvalue weighted by atomic mass is 9.64. The van der Waals surface area contributed by atoms with E-state index in [1.54, 1.807) is 12.1 Å². The Morgan fingerprint density at radius 1 is 1.40 bits per heavy atom. The van der Waals surface area contributed by atoms with E-state index in [4.69, 9.17) is 9.47 Å². The number of methoxy groups -OCH3 is 1. The molecule has 2 atom stereocenters. The SMILES string of the molecule is CCOC1CC(NCc2ccc(OC)cc2F)C1(C)C. The van der Waals surface area contributed by atoms with Crippen LogP contribution in [0.1, 0.15) is 32.8 Å². The average Bonchev–Trinajstić information content (AvgIpc) is 2.43. The quantitative estimate of drug-likeness (QED) is 0.869. The first-order valence-corrected chi connectivity index (χ1v) is 7.16. The van der Waals surface area contributed by atoms with Crippen LogP contribution in [0.25, 0.3) is 0 Å². The van der Waals surface area contributed by atoms with Crippen molar-refractivity contribution in [3.8, 4) is 5.75 Å². The molecule has 0 spiro atoms. The predicted octanol–water partition coefficient (Wildman–Crippen LogP) is 3.13. The molecule has 0 aliphatic heterocycles. The second kappa shape index (κ2) is 6.10. The zero-order valence-electron chi connectivity index (χ0n) is 12.7. The molecule has 20 heavy (non-hydrogen) atoms. The van der Waals surface area contributed by atoms with Gasteiger partial charge in [-0.05, 0) is 19.4 Å². The molecular weight excluding hydrogens is 257 g/mol. The minimum absolute atomic E-state index is 0.0962. The van der Waals surface area contributed by atoms with Gasteiger partial charge in [0.25, 0.3) is 0 Å². The second-order valence-corrected chi connectivity index (χ2v) is 5.89. The molecule has 0 heterocycles. The van der Waals surface area contributed by atoms with Gasteiger partial charge >= 0.3 is 0 Å². The number of benzene rings is 1. The molecular formula is C16H24FNO2. The molecule has 1 saturated carbocycles. The zero-order chi connectivity index (χ0) is 14.8. The molecule has 1 aliphatic rings. The van der Waals surface area contributed by atoms with Gasteiger partial charge in [-0.3, -0.25) is 0 Å². The monoisotopic (exact) mass is 281 g/mol. The van der Waals surface area contributed by atoms with Gasteiger partial charge in [0.15, 0.2) is 0 Å². The number of rotatable bonds is 6. The standard InChI is InChI=1S/C16H24FNO2/c1-5-20-15-9-14(16(15,2)3)18-10-11-6-7-12(19-4)8-13(11)17/h6-8,14-15,18H,5,9-10H2,1-4H3. The van der Waals surface area contributed by atoms with Gasteiger partial charge in [0.1, 0.15) is 11.6 Å². The van der Waals surface area contributed by atoms with Gasteiger partial charge in [-0.2, -0.15) is 0 Å². The summed E-state index contributed by atoms with van der Waals surface area (Å²) in [6, 6.07) is 5.34. The van der Waals surface area contributed by atoms with Crippen molar-refractivity contribution < 1.29 is 13.9 Å². The van der Waals surface area contributed by atoms with E-state index in [1.807, 2.05) is 6.92 Å². The highest BCUT2D eigenvalue weighted by molar-refractivity contribution is 5.29. The number of nitrogens with one attached hydrogen (secondary N) is 1. The molecule has 1 aliphatic carbocycles. The second-order valence-electron chi connectivity index (χ2n) is 5.89. The summed E-state index contributed by atoms with van der Waals surface area (Å²) in [4.78, 5) is 0. The van der Waals surface area contributed by atoms with Crippen LogP contribution >= 0.6 is 0 Å². The summed E-state index contributed by atoms with van der Waals surface area (Å²) in [5, 5.41) is 3.43. The summed E-state index contributed by atoms with van der Waals surface area (Å²) in [5.74, 6) is 0.321. The molecule has 2 rings (SSSR count). The van der Waals surface area contributed by atoms with Crippen molar-refractivity contribution in [1.82, 2.24) is 5.32 Å². The third-order valence-corrected chi connectivity index (χ3v) is 4.34. The van der Waals surface area contributed by atoms with Gasteiger partial charge in [0.05, 0.1) is 13.2 Å². The highest BCUT2D eigenvalue weighted by Crippen LogP contribution is 2.42. The third-order valence-electron chi connectivity index (χ3n) is 4.34. The van der Waals surface area contributed by atoms with Crippen LogP contribution < -0.4 is 10.1 Å². The van der Waals surface area contributed by atoms with E-state index < -0.39 is 0 Å². The molecule has 0 saturated heterocycles. The minimum atomic E-state index is -0.227. The Bertz CT molecular complexity index is 462. The van der Waals surface area contributed by atoms with Crippen molar-refractivity contribution in [1.29, 1.82) is 0 Å². The van der Waals surface area contributed by atoms with E-state index >= 15 is 0 Å². The predicted molar refractivity (Wildman–Crippen MR) is 77.4 cm³/mol. The zero-order valence-corrected chi connectivity index (χ0v) is 12.7. The maximum absolute atomic E-state index is 13.9. The van der Waals surface area contributed by atoms with Gasteiger partial charge in [0.2, 0.25) is 0 Å². The fourth-order valence-electron chi connectivity index (χ4n) is 2.75. The van der Waals surface area contributed by atoms with E-state index in [-0.39, 0.29) is 11.2 Å². The summed E-state index contributed by atoms with van der Waals surface area (Å²) in [5.41, 5.74) is 0.764. The van der Waals surface area contributed by atoms with E-state index in [0.717, 1.165) is 13.0 Å². The first kappa shape index (κ1) is 15.3. The van der Waals surface area contributed by atoms with Crippen LogP contribution in [0.3, 0.4) is 0 Å². The number of halogens is 1. The lowest BCUT2D eigenvalue weighted by Gasteiger charge is -2.52. The number of ether oxygens (including phenoxy) is 2. The van der Waals surface area contributed by atoms with Crippen LogP contribution in [-0.4, -0.2) is 25.9 Å². The highest BCUT2D eigenvalue weighted by atomic mass is 19.1. The Balaban J connectivity index is 1.90. The van der Waals surface area contributed by atoms with Crippen LogP contribution in [-0.2, 0) is 11.3 Å². The topological polar surface area (TPSA) is 30.5 Å². The summed E-state index contributed by atoms with van der Waals surface area (Å²) >= 11 is 0. The largest absolute Gasteiger partial charge is 0.497 e. The van der Waals surface area contributed by atoms with Gasteiger partial charge < -0.3 is 14.8 Å². The first-order valence-electron chi connectivity index (χ1n) is 7.16. The molecule has 1 aromatic carbocycles. The fraction of sp³-hybridized carbons (Fsp3) is 0.625. The van der Waals surface area contributed by atoms with Crippen LogP contribution in [0.2, 0.25) is 0 Å². The molecule has 4 heteroatoms. The van der Waals surface area contributed by atoms with E-state index in [1.165, 1.54) is 13.2 Å². The molecule has 1 N–H and O–H groups in total. The van der Waals surface area contributed by atoms with Crippen molar-refractivity contribution in [3.63, 3.8) is 0 Å². The molecule has 0 radical (unpaired) electrons. The highest BCUT2D eigenvalue weighted by Gasteiger charge is 2.48. The van der Waals surface area contributed by atoms with Crippen molar-refractivity contribution in [3.05, 3.63) is 29.6 Å². The van der Waals surface area contributed by atoms with Crippen molar-refractivity contribution in [2.45, 2.75) is 45.9 Å². The molecule has 3 nitrogen and oxygen atoms in total. The molecule has 112 valence electrons. The molecule has 0 bridgehead atoms.